The fourth-order valence-corrected chi connectivity index (χ4v) is 3.01. The van der Waals surface area contributed by atoms with Gasteiger partial charge in [0, 0.05) is 6.54 Å². The molecule has 1 saturated carbocycles. The lowest BCUT2D eigenvalue weighted by molar-refractivity contribution is -0.126. The molecule has 1 amide bonds. The summed E-state index contributed by atoms with van der Waals surface area (Å²) in [6.07, 6.45) is 3.49. The van der Waals surface area contributed by atoms with E-state index >= 15 is 0 Å². The van der Waals surface area contributed by atoms with E-state index in [1.807, 2.05) is 19.9 Å². The van der Waals surface area contributed by atoms with Gasteiger partial charge in [-0.1, -0.05) is 18.6 Å². The van der Waals surface area contributed by atoms with Crippen molar-refractivity contribution in [3.05, 3.63) is 35.4 Å². The molecule has 1 aliphatic carbocycles. The van der Waals surface area contributed by atoms with Crippen LogP contribution in [0.25, 0.3) is 0 Å². The summed E-state index contributed by atoms with van der Waals surface area (Å²) in [6, 6.07) is 9.30. The van der Waals surface area contributed by atoms with E-state index in [4.69, 9.17) is 5.26 Å². The molecule has 0 heterocycles. The number of nitrogens with one attached hydrogen (secondary N) is 1. The summed E-state index contributed by atoms with van der Waals surface area (Å²) < 4.78 is 0. The predicted molar refractivity (Wildman–Crippen MR) is 85.2 cm³/mol. The van der Waals surface area contributed by atoms with Crippen LogP contribution in [-0.2, 0) is 10.2 Å². The van der Waals surface area contributed by atoms with Gasteiger partial charge in [-0.05, 0) is 56.7 Å². The predicted octanol–water partition coefficient (Wildman–Crippen LogP) is 2.50. The largest absolute Gasteiger partial charge is 0.393 e. The Kier molecular flexibility index (Phi) is 5.20. The van der Waals surface area contributed by atoms with Crippen molar-refractivity contribution < 1.29 is 9.90 Å². The van der Waals surface area contributed by atoms with E-state index in [-0.39, 0.29) is 12.0 Å². The summed E-state index contributed by atoms with van der Waals surface area (Å²) in [5, 5.41) is 21.7. The molecule has 118 valence electrons. The van der Waals surface area contributed by atoms with Crippen LogP contribution in [0.1, 0.15) is 50.7 Å². The minimum absolute atomic E-state index is 0.0392. The van der Waals surface area contributed by atoms with Crippen molar-refractivity contribution in [2.45, 2.75) is 51.0 Å². The Hall–Kier alpha value is -1.86. The average molecular weight is 300 g/mol. The van der Waals surface area contributed by atoms with Crippen molar-refractivity contribution in [2.75, 3.05) is 6.54 Å². The third kappa shape index (κ3) is 3.86. The van der Waals surface area contributed by atoms with E-state index < -0.39 is 5.41 Å². The standard InChI is InChI=1S/C18H24N2O2/c1-18(2,15-7-3-5-13(9-15)11-19)17(22)20-12-14-6-4-8-16(21)10-14/h3,5,7,9,14,16,21H,4,6,8,10,12H2,1-2H3,(H,20,22). The lowest BCUT2D eigenvalue weighted by Crippen LogP contribution is -2.43. The monoisotopic (exact) mass is 300 g/mol. The van der Waals surface area contributed by atoms with Gasteiger partial charge < -0.3 is 10.4 Å². The van der Waals surface area contributed by atoms with Crippen LogP contribution in [-0.4, -0.2) is 23.7 Å². The first kappa shape index (κ1) is 16.5. The number of carbonyl (C=O) groups excluding carboxylic acids is 1. The van der Waals surface area contributed by atoms with Gasteiger partial charge in [-0.25, -0.2) is 0 Å². The number of aliphatic hydroxyl groups excluding tert-OH is 1. The molecule has 2 unspecified atom stereocenters. The van der Waals surface area contributed by atoms with E-state index in [2.05, 4.69) is 11.4 Å². The smallest absolute Gasteiger partial charge is 0.230 e. The first-order chi connectivity index (χ1) is 10.4. The second kappa shape index (κ2) is 6.93. The molecule has 2 N–H and O–H groups in total. The van der Waals surface area contributed by atoms with E-state index in [0.29, 0.717) is 18.0 Å². The Labute approximate surface area is 132 Å². The van der Waals surface area contributed by atoms with Gasteiger partial charge in [0.25, 0.3) is 0 Å². The molecule has 1 fully saturated rings. The van der Waals surface area contributed by atoms with Crippen LogP contribution in [0.3, 0.4) is 0 Å². The first-order valence-electron chi connectivity index (χ1n) is 7.90. The number of rotatable bonds is 4. The summed E-state index contributed by atoms with van der Waals surface area (Å²) in [5.74, 6) is 0.316. The van der Waals surface area contributed by atoms with Gasteiger partial charge in [0.15, 0.2) is 0 Å². The molecule has 0 spiro atoms. The number of hydrogen-bond donors (Lipinski definition) is 2. The first-order valence-corrected chi connectivity index (χ1v) is 7.90. The molecule has 1 aromatic rings. The van der Waals surface area contributed by atoms with Crippen LogP contribution >= 0.6 is 0 Å². The molecular formula is C18H24N2O2. The molecule has 4 heteroatoms. The van der Waals surface area contributed by atoms with Crippen molar-refractivity contribution in [3.8, 4) is 6.07 Å². The van der Waals surface area contributed by atoms with Gasteiger partial charge in [0.2, 0.25) is 5.91 Å². The maximum absolute atomic E-state index is 12.5. The highest BCUT2D eigenvalue weighted by atomic mass is 16.3. The van der Waals surface area contributed by atoms with E-state index in [1.165, 1.54) is 0 Å². The summed E-state index contributed by atoms with van der Waals surface area (Å²) in [7, 11) is 0. The molecule has 0 radical (unpaired) electrons. The topological polar surface area (TPSA) is 73.1 Å². The number of hydrogen-bond acceptors (Lipinski definition) is 3. The molecule has 22 heavy (non-hydrogen) atoms. The zero-order chi connectivity index (χ0) is 16.2. The lowest BCUT2D eigenvalue weighted by atomic mass is 9.82. The quantitative estimate of drug-likeness (QED) is 0.897. The number of benzene rings is 1. The Morgan fingerprint density at radius 3 is 2.91 bits per heavy atom. The summed E-state index contributed by atoms with van der Waals surface area (Å²) in [4.78, 5) is 12.5. The molecule has 0 aromatic heterocycles. The number of nitrogens with zero attached hydrogens (tertiary/aromatic N) is 1. The fraction of sp³-hybridized carbons (Fsp3) is 0.556. The second-order valence-electron chi connectivity index (χ2n) is 6.71. The van der Waals surface area contributed by atoms with Crippen LogP contribution in [0.5, 0.6) is 0 Å². The normalized spacial score (nSPS) is 21.9. The van der Waals surface area contributed by atoms with Gasteiger partial charge in [0.1, 0.15) is 0 Å². The van der Waals surface area contributed by atoms with Crippen LogP contribution < -0.4 is 5.32 Å². The van der Waals surface area contributed by atoms with Gasteiger partial charge >= 0.3 is 0 Å². The van der Waals surface area contributed by atoms with Gasteiger partial charge in [-0.15, -0.1) is 0 Å². The highest BCUT2D eigenvalue weighted by Gasteiger charge is 2.30. The molecule has 4 nitrogen and oxygen atoms in total. The molecule has 2 atom stereocenters. The summed E-state index contributed by atoms with van der Waals surface area (Å²) in [6.45, 7) is 4.35. The third-order valence-electron chi connectivity index (χ3n) is 4.59. The molecule has 0 saturated heterocycles. The Morgan fingerprint density at radius 1 is 1.45 bits per heavy atom. The number of aliphatic hydroxyl groups is 1. The molecule has 2 rings (SSSR count). The zero-order valence-corrected chi connectivity index (χ0v) is 13.3. The van der Waals surface area contributed by atoms with E-state index in [1.54, 1.807) is 18.2 Å². The second-order valence-corrected chi connectivity index (χ2v) is 6.71. The van der Waals surface area contributed by atoms with Crippen LogP contribution in [0, 0.1) is 17.2 Å². The maximum Gasteiger partial charge on any atom is 0.230 e. The van der Waals surface area contributed by atoms with Crippen LogP contribution in [0.15, 0.2) is 24.3 Å². The molecule has 1 aliphatic rings. The fourth-order valence-electron chi connectivity index (χ4n) is 3.01. The van der Waals surface area contributed by atoms with Gasteiger partial charge in [-0.2, -0.15) is 5.26 Å². The Bertz CT molecular complexity index is 575. The van der Waals surface area contributed by atoms with Crippen molar-refractivity contribution >= 4 is 5.91 Å². The number of nitriles is 1. The Balaban J connectivity index is 1.99. The maximum atomic E-state index is 12.5. The molecule has 1 aromatic carbocycles. The SMILES string of the molecule is CC(C)(C(=O)NCC1CCCC(O)C1)c1cccc(C#N)c1. The van der Waals surface area contributed by atoms with Crippen molar-refractivity contribution in [1.29, 1.82) is 5.26 Å². The van der Waals surface area contributed by atoms with Crippen molar-refractivity contribution in [1.82, 2.24) is 5.32 Å². The molecule has 0 aliphatic heterocycles. The van der Waals surface area contributed by atoms with Crippen molar-refractivity contribution in [2.24, 2.45) is 5.92 Å². The Morgan fingerprint density at radius 2 is 2.23 bits per heavy atom. The van der Waals surface area contributed by atoms with Gasteiger partial charge in [-0.3, -0.25) is 4.79 Å². The van der Waals surface area contributed by atoms with Crippen LogP contribution in [0.2, 0.25) is 0 Å². The summed E-state index contributed by atoms with van der Waals surface area (Å²) >= 11 is 0. The highest BCUT2D eigenvalue weighted by Crippen LogP contribution is 2.26. The minimum Gasteiger partial charge on any atom is -0.393 e. The van der Waals surface area contributed by atoms with Crippen molar-refractivity contribution in [3.63, 3.8) is 0 Å². The summed E-state index contributed by atoms with van der Waals surface area (Å²) in [5.41, 5.74) is 0.724. The molecule has 0 bridgehead atoms. The average Bonchev–Trinajstić information content (AvgIpc) is 2.52. The highest BCUT2D eigenvalue weighted by molar-refractivity contribution is 5.87. The number of carbonyl (C=O) groups is 1. The minimum atomic E-state index is -0.680. The number of amides is 1. The zero-order valence-electron chi connectivity index (χ0n) is 13.3. The molecular weight excluding hydrogens is 276 g/mol. The van der Waals surface area contributed by atoms with Gasteiger partial charge in [0.05, 0.1) is 23.2 Å². The van der Waals surface area contributed by atoms with E-state index in [9.17, 15) is 9.90 Å². The van der Waals surface area contributed by atoms with E-state index in [0.717, 1.165) is 31.2 Å². The third-order valence-corrected chi connectivity index (χ3v) is 4.59. The lowest BCUT2D eigenvalue weighted by Gasteiger charge is -2.29. The van der Waals surface area contributed by atoms with Crippen LogP contribution in [0.4, 0.5) is 0 Å².